The zero-order chi connectivity index (χ0) is 14.1. The Hall–Kier alpha value is -2.30. The van der Waals surface area contributed by atoms with Gasteiger partial charge in [-0.05, 0) is 37.1 Å². The molecular formula is C15H16N2O3. The molecule has 104 valence electrons. The van der Waals surface area contributed by atoms with Gasteiger partial charge in [0.2, 0.25) is 0 Å². The Morgan fingerprint density at radius 2 is 2.15 bits per heavy atom. The van der Waals surface area contributed by atoms with Crippen LogP contribution in [0.25, 0.3) is 11.4 Å². The molecule has 1 N–H and O–H groups in total. The van der Waals surface area contributed by atoms with Crippen LogP contribution in [0.1, 0.15) is 24.5 Å². The topological polar surface area (TPSA) is 64.4 Å². The van der Waals surface area contributed by atoms with Crippen molar-refractivity contribution in [2.45, 2.75) is 25.3 Å². The molecule has 0 amide bonds. The van der Waals surface area contributed by atoms with Crippen LogP contribution >= 0.6 is 0 Å². The van der Waals surface area contributed by atoms with Crippen molar-refractivity contribution in [3.05, 3.63) is 36.2 Å². The van der Waals surface area contributed by atoms with E-state index in [1.807, 2.05) is 12.1 Å². The number of aromatic nitrogens is 2. The molecule has 1 unspecified atom stereocenters. The van der Waals surface area contributed by atoms with Crippen molar-refractivity contribution >= 4 is 5.97 Å². The van der Waals surface area contributed by atoms with E-state index in [1.54, 1.807) is 18.3 Å². The second kappa shape index (κ2) is 5.00. The molecule has 1 aromatic carbocycles. The van der Waals surface area contributed by atoms with Gasteiger partial charge in [0.15, 0.2) is 0 Å². The number of phenols is 1. The van der Waals surface area contributed by atoms with Crippen LogP contribution < -0.4 is 0 Å². The first-order valence-electron chi connectivity index (χ1n) is 6.63. The van der Waals surface area contributed by atoms with Gasteiger partial charge in [-0.1, -0.05) is 0 Å². The fraction of sp³-hybridized carbons (Fsp3) is 0.333. The molecule has 3 rings (SSSR count). The summed E-state index contributed by atoms with van der Waals surface area (Å²) in [6.45, 7) is 0.846. The van der Waals surface area contributed by atoms with Gasteiger partial charge in [-0.15, -0.1) is 0 Å². The van der Waals surface area contributed by atoms with Crippen molar-refractivity contribution in [3.63, 3.8) is 0 Å². The third-order valence-electron chi connectivity index (χ3n) is 3.73. The summed E-state index contributed by atoms with van der Waals surface area (Å²) in [5, 5.41) is 9.35. The molecule has 0 spiro atoms. The normalized spacial score (nSPS) is 17.6. The summed E-state index contributed by atoms with van der Waals surface area (Å²) in [6, 6.07) is 6.93. The largest absolute Gasteiger partial charge is 0.508 e. The number of benzene rings is 1. The Labute approximate surface area is 116 Å². The van der Waals surface area contributed by atoms with Crippen LogP contribution in [0, 0.1) is 0 Å². The van der Waals surface area contributed by atoms with Crippen molar-refractivity contribution in [3.8, 4) is 17.1 Å². The molecule has 1 aliphatic heterocycles. The molecule has 5 heteroatoms. The summed E-state index contributed by atoms with van der Waals surface area (Å²) in [7, 11) is 1.42. The van der Waals surface area contributed by atoms with E-state index in [-0.39, 0.29) is 17.6 Å². The van der Waals surface area contributed by atoms with E-state index in [1.165, 1.54) is 7.11 Å². The molecule has 5 nitrogen and oxygen atoms in total. The Kier molecular flexibility index (Phi) is 3.18. The minimum Gasteiger partial charge on any atom is -0.508 e. The quantitative estimate of drug-likeness (QED) is 0.852. The third kappa shape index (κ3) is 2.05. The number of imidazole rings is 1. The highest BCUT2D eigenvalue weighted by molar-refractivity contribution is 5.78. The second-order valence-electron chi connectivity index (χ2n) is 4.92. The predicted octanol–water partition coefficient (Wildman–Crippen LogP) is 2.31. The molecule has 1 aliphatic rings. The van der Waals surface area contributed by atoms with E-state index in [0.29, 0.717) is 0 Å². The maximum atomic E-state index is 11.8. The summed E-state index contributed by atoms with van der Waals surface area (Å²) < 4.78 is 6.93. The number of methoxy groups -OCH3 is 1. The van der Waals surface area contributed by atoms with Crippen LogP contribution in [0.15, 0.2) is 30.5 Å². The van der Waals surface area contributed by atoms with Crippen LogP contribution in [0.2, 0.25) is 0 Å². The average molecular weight is 272 g/mol. The number of rotatable bonds is 2. The van der Waals surface area contributed by atoms with Gasteiger partial charge < -0.3 is 14.4 Å². The van der Waals surface area contributed by atoms with Crippen molar-refractivity contribution in [1.29, 1.82) is 0 Å². The number of phenolic OH excluding ortho intramolecular Hbond substituents is 1. The van der Waals surface area contributed by atoms with Crippen LogP contribution in [0.4, 0.5) is 0 Å². The zero-order valence-electron chi connectivity index (χ0n) is 11.2. The Balaban J connectivity index is 2.02. The molecular weight excluding hydrogens is 256 g/mol. The first kappa shape index (κ1) is 12.7. The van der Waals surface area contributed by atoms with Crippen molar-refractivity contribution in [2.24, 2.45) is 0 Å². The monoisotopic (exact) mass is 272 g/mol. The van der Waals surface area contributed by atoms with Crippen LogP contribution in [-0.4, -0.2) is 27.7 Å². The standard InChI is InChI=1S/C15H16N2O3/c1-20-15(19)12-3-2-8-17-13(12)9-16-14(17)10-4-6-11(18)7-5-10/h4-7,9,12,18H,2-3,8H2,1H3. The van der Waals surface area contributed by atoms with Crippen molar-refractivity contribution in [1.82, 2.24) is 9.55 Å². The van der Waals surface area contributed by atoms with E-state index >= 15 is 0 Å². The Morgan fingerprint density at radius 3 is 2.85 bits per heavy atom. The first-order valence-corrected chi connectivity index (χ1v) is 6.63. The van der Waals surface area contributed by atoms with E-state index in [2.05, 4.69) is 9.55 Å². The lowest BCUT2D eigenvalue weighted by atomic mass is 9.96. The molecule has 1 aromatic heterocycles. The Morgan fingerprint density at radius 1 is 1.40 bits per heavy atom. The van der Waals surface area contributed by atoms with E-state index in [0.717, 1.165) is 36.5 Å². The molecule has 0 radical (unpaired) electrons. The van der Waals surface area contributed by atoms with E-state index in [9.17, 15) is 9.90 Å². The minimum atomic E-state index is -0.230. The maximum absolute atomic E-state index is 11.8. The summed E-state index contributed by atoms with van der Waals surface area (Å²) in [5.41, 5.74) is 1.84. The average Bonchev–Trinajstić information content (AvgIpc) is 2.91. The summed E-state index contributed by atoms with van der Waals surface area (Å²) in [5.74, 6) is 0.621. The zero-order valence-corrected chi connectivity index (χ0v) is 11.2. The number of esters is 1. The van der Waals surface area contributed by atoms with Gasteiger partial charge in [-0.3, -0.25) is 4.79 Å². The van der Waals surface area contributed by atoms with Crippen LogP contribution in [-0.2, 0) is 16.1 Å². The van der Waals surface area contributed by atoms with Crippen LogP contribution in [0.3, 0.4) is 0 Å². The first-order chi connectivity index (χ1) is 9.70. The van der Waals surface area contributed by atoms with Gasteiger partial charge in [0.25, 0.3) is 0 Å². The SMILES string of the molecule is COC(=O)C1CCCn2c1cnc2-c1ccc(O)cc1. The maximum Gasteiger partial charge on any atom is 0.314 e. The number of aromatic hydroxyl groups is 1. The van der Waals surface area contributed by atoms with Gasteiger partial charge in [0.05, 0.1) is 18.7 Å². The van der Waals surface area contributed by atoms with E-state index < -0.39 is 0 Å². The lowest BCUT2D eigenvalue weighted by Crippen LogP contribution is -2.23. The number of nitrogens with zero attached hydrogens (tertiary/aromatic N) is 2. The highest BCUT2D eigenvalue weighted by Gasteiger charge is 2.29. The molecule has 2 aromatic rings. The van der Waals surface area contributed by atoms with Gasteiger partial charge >= 0.3 is 5.97 Å². The predicted molar refractivity (Wildman–Crippen MR) is 73.3 cm³/mol. The molecule has 0 bridgehead atoms. The fourth-order valence-corrected chi connectivity index (χ4v) is 2.73. The lowest BCUT2D eigenvalue weighted by molar-refractivity contribution is -0.143. The van der Waals surface area contributed by atoms with Gasteiger partial charge in [0, 0.05) is 18.3 Å². The molecule has 20 heavy (non-hydrogen) atoms. The van der Waals surface area contributed by atoms with Crippen molar-refractivity contribution in [2.75, 3.05) is 7.11 Å². The third-order valence-corrected chi connectivity index (χ3v) is 3.73. The lowest BCUT2D eigenvalue weighted by Gasteiger charge is -2.23. The smallest absolute Gasteiger partial charge is 0.314 e. The molecule has 0 fully saturated rings. The summed E-state index contributed by atoms with van der Waals surface area (Å²) >= 11 is 0. The number of hydrogen-bond donors (Lipinski definition) is 1. The van der Waals surface area contributed by atoms with Gasteiger partial charge in [0.1, 0.15) is 11.6 Å². The number of fused-ring (bicyclic) bond motifs is 1. The number of carbonyl (C=O) groups is 1. The molecule has 0 saturated carbocycles. The second-order valence-corrected chi connectivity index (χ2v) is 4.92. The number of hydrogen-bond acceptors (Lipinski definition) is 4. The Bertz CT molecular complexity index is 631. The molecule has 0 saturated heterocycles. The number of ether oxygens (including phenoxy) is 1. The molecule has 1 atom stereocenters. The van der Waals surface area contributed by atoms with E-state index in [4.69, 9.17) is 4.74 Å². The highest BCUT2D eigenvalue weighted by Crippen LogP contribution is 2.32. The van der Waals surface area contributed by atoms with Gasteiger partial charge in [-0.25, -0.2) is 4.98 Å². The van der Waals surface area contributed by atoms with Crippen LogP contribution in [0.5, 0.6) is 5.75 Å². The summed E-state index contributed by atoms with van der Waals surface area (Å²) in [6.07, 6.45) is 3.48. The van der Waals surface area contributed by atoms with Gasteiger partial charge in [-0.2, -0.15) is 0 Å². The fourth-order valence-electron chi connectivity index (χ4n) is 2.73. The molecule has 2 heterocycles. The molecule has 0 aliphatic carbocycles. The highest BCUT2D eigenvalue weighted by atomic mass is 16.5. The minimum absolute atomic E-state index is 0.205. The van der Waals surface area contributed by atoms with Crippen molar-refractivity contribution < 1.29 is 14.6 Å². The number of carbonyl (C=O) groups excluding carboxylic acids is 1. The summed E-state index contributed by atoms with van der Waals surface area (Å²) in [4.78, 5) is 16.3.